The topological polar surface area (TPSA) is 83.8 Å². The van der Waals surface area contributed by atoms with E-state index in [1.54, 1.807) is 16.2 Å². The van der Waals surface area contributed by atoms with Crippen molar-refractivity contribution in [1.82, 2.24) is 9.88 Å². The van der Waals surface area contributed by atoms with Crippen LogP contribution in [0, 0.1) is 11.6 Å². The van der Waals surface area contributed by atoms with Gasteiger partial charge in [-0.25, -0.2) is 13.6 Å². The van der Waals surface area contributed by atoms with Crippen LogP contribution in [0.3, 0.4) is 0 Å². The third-order valence-electron chi connectivity index (χ3n) is 5.67. The summed E-state index contributed by atoms with van der Waals surface area (Å²) >= 11 is 1.58. The van der Waals surface area contributed by atoms with Crippen molar-refractivity contribution >= 4 is 34.1 Å². The van der Waals surface area contributed by atoms with E-state index in [4.69, 9.17) is 5.11 Å². The molecule has 2 N–H and O–H groups in total. The Morgan fingerprint density at radius 1 is 1.32 bits per heavy atom. The fourth-order valence-corrected chi connectivity index (χ4v) is 4.93. The minimum Gasteiger partial charge on any atom is -0.449 e. The number of pyridine rings is 1. The molecule has 1 saturated carbocycles. The van der Waals surface area contributed by atoms with E-state index in [9.17, 15) is 9.59 Å². The van der Waals surface area contributed by atoms with Crippen molar-refractivity contribution in [3.63, 3.8) is 0 Å². The minimum absolute atomic E-state index is 0.0205. The maximum Gasteiger partial charge on any atom is 0.511 e. The highest BCUT2D eigenvalue weighted by Gasteiger charge is 2.32. The van der Waals surface area contributed by atoms with Gasteiger partial charge in [0.1, 0.15) is 11.5 Å². The number of carboxylic acid groups (broad SMARTS) is 1. The number of hydrogen-bond acceptors (Lipinski definition) is 6. The lowest BCUT2D eigenvalue weighted by Crippen LogP contribution is -2.46. The second kappa shape index (κ2) is 7.61. The van der Waals surface area contributed by atoms with Gasteiger partial charge in [-0.05, 0) is 30.4 Å². The van der Waals surface area contributed by atoms with Gasteiger partial charge in [0.05, 0.1) is 23.1 Å². The highest BCUT2D eigenvalue weighted by atomic mass is 32.1. The highest BCUT2D eigenvalue weighted by molar-refractivity contribution is 7.10. The maximum absolute atomic E-state index is 15.8. The number of benzene rings is 1. The van der Waals surface area contributed by atoms with Crippen molar-refractivity contribution < 1.29 is 23.4 Å². The first kappa shape index (κ1) is 20.0. The Balaban J connectivity index is 1.64. The van der Waals surface area contributed by atoms with Gasteiger partial charge in [0, 0.05) is 30.6 Å². The first-order valence-electron chi connectivity index (χ1n) is 9.93. The van der Waals surface area contributed by atoms with Crippen LogP contribution >= 0.6 is 11.3 Å². The first-order chi connectivity index (χ1) is 14.9. The summed E-state index contributed by atoms with van der Waals surface area (Å²) in [6.07, 6.45) is 1.07. The number of carbonyl (C=O) groups is 1. The maximum atomic E-state index is 15.8. The molecule has 0 spiro atoms. The number of ether oxygens (including phenoxy) is 1. The predicted molar refractivity (Wildman–Crippen MR) is 112 cm³/mol. The van der Waals surface area contributed by atoms with Crippen molar-refractivity contribution in [2.45, 2.75) is 24.9 Å². The Morgan fingerprint density at radius 3 is 2.81 bits per heavy atom. The Morgan fingerprint density at radius 2 is 2.13 bits per heavy atom. The Bertz CT molecular complexity index is 1220. The van der Waals surface area contributed by atoms with Gasteiger partial charge >= 0.3 is 6.16 Å². The third kappa shape index (κ3) is 3.55. The molecular formula is C21H19F2N3O4S. The zero-order valence-corrected chi connectivity index (χ0v) is 17.1. The largest absolute Gasteiger partial charge is 0.511 e. The lowest BCUT2D eigenvalue weighted by molar-refractivity contribution is 0.143. The van der Waals surface area contributed by atoms with E-state index in [0.717, 1.165) is 23.8 Å². The van der Waals surface area contributed by atoms with E-state index in [-0.39, 0.29) is 28.7 Å². The number of piperazine rings is 1. The van der Waals surface area contributed by atoms with Gasteiger partial charge in [0.15, 0.2) is 11.6 Å². The van der Waals surface area contributed by atoms with Gasteiger partial charge in [-0.15, -0.1) is 11.3 Å². The Labute approximate surface area is 179 Å². The summed E-state index contributed by atoms with van der Waals surface area (Å²) in [5, 5.41) is 14.0. The van der Waals surface area contributed by atoms with Crippen LogP contribution in [0.4, 0.5) is 19.3 Å². The van der Waals surface area contributed by atoms with Gasteiger partial charge in [-0.3, -0.25) is 4.79 Å². The molecule has 2 fully saturated rings. The van der Waals surface area contributed by atoms with Crippen LogP contribution in [0.5, 0.6) is 5.75 Å². The van der Waals surface area contributed by atoms with Gasteiger partial charge in [0.25, 0.3) is 0 Å². The molecule has 7 nitrogen and oxygen atoms in total. The summed E-state index contributed by atoms with van der Waals surface area (Å²) in [6, 6.07) is 4.76. The van der Waals surface area contributed by atoms with Crippen molar-refractivity contribution in [2.24, 2.45) is 0 Å². The first-order valence-corrected chi connectivity index (χ1v) is 10.8. The molecule has 0 radical (unpaired) electrons. The second-order valence-electron chi connectivity index (χ2n) is 7.71. The second-order valence-corrected chi connectivity index (χ2v) is 8.69. The van der Waals surface area contributed by atoms with Crippen LogP contribution in [0.2, 0.25) is 0 Å². The molecule has 1 unspecified atom stereocenters. The van der Waals surface area contributed by atoms with E-state index in [2.05, 4.69) is 10.1 Å². The average Bonchev–Trinajstić information content (AvgIpc) is 3.43. The van der Waals surface area contributed by atoms with E-state index in [1.165, 1.54) is 10.8 Å². The summed E-state index contributed by atoms with van der Waals surface area (Å²) in [5.74, 6) is -2.13. The number of fused-ring (bicyclic) bond motifs is 1. The van der Waals surface area contributed by atoms with Crippen LogP contribution < -0.4 is 20.4 Å². The molecule has 5 rings (SSSR count). The van der Waals surface area contributed by atoms with Gasteiger partial charge in [0.2, 0.25) is 5.43 Å². The van der Waals surface area contributed by atoms with Crippen LogP contribution in [0.15, 0.2) is 34.6 Å². The monoisotopic (exact) mass is 447 g/mol. The fourth-order valence-electron chi connectivity index (χ4n) is 4.14. The summed E-state index contributed by atoms with van der Waals surface area (Å²) < 4.78 is 37.0. The van der Waals surface area contributed by atoms with Crippen molar-refractivity contribution in [2.75, 3.05) is 24.5 Å². The molecule has 2 aliphatic rings. The normalized spacial score (nSPS) is 19.0. The van der Waals surface area contributed by atoms with Crippen molar-refractivity contribution in [3.05, 3.63) is 56.5 Å². The summed E-state index contributed by atoms with van der Waals surface area (Å²) in [7, 11) is 0. The number of anilines is 1. The number of nitrogens with one attached hydrogen (secondary N) is 1. The molecule has 162 valence electrons. The number of aromatic nitrogens is 1. The minimum atomic E-state index is -1.66. The van der Waals surface area contributed by atoms with E-state index < -0.39 is 29.0 Å². The molecule has 10 heteroatoms. The molecule has 1 aliphatic carbocycles. The molecule has 31 heavy (non-hydrogen) atoms. The molecule has 1 saturated heterocycles. The molecule has 3 aromatic rings. The number of thiophene rings is 1. The zero-order chi connectivity index (χ0) is 21.7. The van der Waals surface area contributed by atoms with Crippen molar-refractivity contribution in [3.8, 4) is 5.75 Å². The Kier molecular flexibility index (Phi) is 4.90. The molecule has 0 bridgehead atoms. The number of halogens is 2. The van der Waals surface area contributed by atoms with E-state index in [0.29, 0.717) is 19.6 Å². The third-order valence-corrected chi connectivity index (χ3v) is 6.65. The molecule has 1 aliphatic heterocycles. The van der Waals surface area contributed by atoms with Crippen molar-refractivity contribution in [1.29, 1.82) is 0 Å². The van der Waals surface area contributed by atoms with Gasteiger partial charge < -0.3 is 24.6 Å². The van der Waals surface area contributed by atoms with Crippen LogP contribution in [-0.2, 0) is 0 Å². The van der Waals surface area contributed by atoms with Crippen LogP contribution in [-0.4, -0.2) is 35.5 Å². The smallest absolute Gasteiger partial charge is 0.449 e. The summed E-state index contributed by atoms with van der Waals surface area (Å²) in [5.41, 5.74) is -1.04. The standard InChI is InChI=1S/C21H19F2N3O4S/c22-13-8-12-18(26(11-3-4-11)10-15(20(12)27)30-21(28)29)17(23)19(13)25-6-5-24-14(9-25)16-2-1-7-31-16/h1-2,7-8,10-11,14,24H,3-6,9H2,(H,28,29). The quantitative estimate of drug-likeness (QED) is 0.591. The molecular weight excluding hydrogens is 428 g/mol. The fraction of sp³-hybridized carbons (Fsp3) is 0.333. The number of hydrogen-bond donors (Lipinski definition) is 2. The molecule has 1 aromatic carbocycles. The molecule has 2 aromatic heterocycles. The average molecular weight is 447 g/mol. The Hall–Kier alpha value is -2.98. The van der Waals surface area contributed by atoms with Gasteiger partial charge in [-0.1, -0.05) is 6.07 Å². The summed E-state index contributed by atoms with van der Waals surface area (Å²) in [6.45, 7) is 1.35. The SMILES string of the molecule is O=C(O)Oc1cn(C2CC2)c2c(F)c(N3CCNC(c4cccs4)C3)c(F)cc2c1=O. The molecule has 1 atom stereocenters. The molecule has 3 heterocycles. The molecule has 0 amide bonds. The highest BCUT2D eigenvalue weighted by Crippen LogP contribution is 2.40. The van der Waals surface area contributed by atoms with Gasteiger partial charge in [-0.2, -0.15) is 0 Å². The van der Waals surface area contributed by atoms with E-state index in [1.807, 2.05) is 17.5 Å². The van der Waals surface area contributed by atoms with Crippen LogP contribution in [0.25, 0.3) is 10.9 Å². The number of rotatable bonds is 4. The lowest BCUT2D eigenvalue weighted by atomic mass is 10.1. The van der Waals surface area contributed by atoms with Crippen LogP contribution in [0.1, 0.15) is 29.8 Å². The van der Waals surface area contributed by atoms with E-state index >= 15 is 8.78 Å². The predicted octanol–water partition coefficient (Wildman–Crippen LogP) is 3.88. The summed E-state index contributed by atoms with van der Waals surface area (Å²) in [4.78, 5) is 26.4. The zero-order valence-electron chi connectivity index (χ0n) is 16.3. The lowest BCUT2D eigenvalue weighted by Gasteiger charge is -2.35. The number of nitrogens with zero attached hydrogens (tertiary/aromatic N) is 2.